The quantitative estimate of drug-likeness (QED) is 0.568. The second-order valence-corrected chi connectivity index (χ2v) is 8.81. The summed E-state index contributed by atoms with van der Waals surface area (Å²) in [7, 11) is 0. The highest BCUT2D eigenvalue weighted by molar-refractivity contribution is 9.10. The van der Waals surface area contributed by atoms with Crippen LogP contribution >= 0.6 is 27.3 Å². The first-order valence-electron chi connectivity index (χ1n) is 9.65. The van der Waals surface area contributed by atoms with Gasteiger partial charge in [0.15, 0.2) is 11.7 Å². The molecule has 3 aromatic rings. The van der Waals surface area contributed by atoms with Crippen LogP contribution in [0.1, 0.15) is 0 Å². The van der Waals surface area contributed by atoms with Crippen LogP contribution in [0.2, 0.25) is 0 Å². The monoisotopic (exact) mass is 474 g/mol. The summed E-state index contributed by atoms with van der Waals surface area (Å²) < 4.78 is 7.75. The van der Waals surface area contributed by atoms with Gasteiger partial charge in [-0.2, -0.15) is 0 Å². The number of nitrogens with one attached hydrogen (secondary N) is 1. The summed E-state index contributed by atoms with van der Waals surface area (Å²) in [5, 5.41) is 4.02. The minimum absolute atomic E-state index is 0.0471. The fourth-order valence-electron chi connectivity index (χ4n) is 3.25. The Morgan fingerprint density at radius 1 is 1.14 bits per heavy atom. The molecular formula is C21H23BrN4O2S. The Hall–Kier alpha value is -2.16. The van der Waals surface area contributed by atoms with Gasteiger partial charge < -0.3 is 15.0 Å². The van der Waals surface area contributed by atoms with E-state index in [2.05, 4.69) is 43.2 Å². The van der Waals surface area contributed by atoms with Crippen LogP contribution in [-0.4, -0.2) is 61.7 Å². The number of carbonyl (C=O) groups excluding carboxylic acids is 1. The van der Waals surface area contributed by atoms with E-state index in [-0.39, 0.29) is 12.5 Å². The SMILES string of the molecule is O=C(COc1ccccc1)NCCN1CCN(c2nc3ccc(Br)cc3s2)CC1. The first-order chi connectivity index (χ1) is 14.2. The van der Waals surface area contributed by atoms with Crippen molar-refractivity contribution in [2.75, 3.05) is 50.8 Å². The zero-order valence-corrected chi connectivity index (χ0v) is 18.4. The molecule has 2 aromatic carbocycles. The molecular weight excluding hydrogens is 452 g/mol. The lowest BCUT2D eigenvalue weighted by molar-refractivity contribution is -0.123. The maximum Gasteiger partial charge on any atom is 0.257 e. The number of aromatic nitrogens is 1. The maximum absolute atomic E-state index is 11.9. The van der Waals surface area contributed by atoms with Gasteiger partial charge in [0.25, 0.3) is 5.91 Å². The number of nitrogens with zero attached hydrogens (tertiary/aromatic N) is 3. The zero-order chi connectivity index (χ0) is 20.1. The van der Waals surface area contributed by atoms with Crippen molar-refractivity contribution in [3.63, 3.8) is 0 Å². The Balaban J connectivity index is 1.17. The number of fused-ring (bicyclic) bond motifs is 1. The van der Waals surface area contributed by atoms with Crippen LogP contribution in [0.4, 0.5) is 5.13 Å². The van der Waals surface area contributed by atoms with Crippen LogP contribution in [0, 0.1) is 0 Å². The van der Waals surface area contributed by atoms with Crippen LogP contribution in [-0.2, 0) is 4.79 Å². The first-order valence-corrected chi connectivity index (χ1v) is 11.3. The second kappa shape index (κ2) is 9.56. The molecule has 1 aromatic heterocycles. The number of piperazine rings is 1. The van der Waals surface area contributed by atoms with Crippen LogP contribution in [0.25, 0.3) is 10.2 Å². The van der Waals surface area contributed by atoms with E-state index in [1.54, 1.807) is 11.3 Å². The van der Waals surface area contributed by atoms with Crippen LogP contribution in [0.3, 0.4) is 0 Å². The largest absolute Gasteiger partial charge is 0.484 e. The van der Waals surface area contributed by atoms with Crippen molar-refractivity contribution in [2.24, 2.45) is 0 Å². The lowest BCUT2D eigenvalue weighted by Crippen LogP contribution is -2.48. The van der Waals surface area contributed by atoms with Crippen molar-refractivity contribution in [3.05, 3.63) is 53.0 Å². The fourth-order valence-corrected chi connectivity index (χ4v) is 4.82. The van der Waals surface area contributed by atoms with E-state index in [1.807, 2.05) is 36.4 Å². The van der Waals surface area contributed by atoms with Gasteiger partial charge in [-0.15, -0.1) is 0 Å². The number of anilines is 1. The van der Waals surface area contributed by atoms with Gasteiger partial charge in [-0.05, 0) is 30.3 Å². The van der Waals surface area contributed by atoms with Gasteiger partial charge in [-0.1, -0.05) is 45.5 Å². The molecule has 1 amide bonds. The topological polar surface area (TPSA) is 57.7 Å². The van der Waals surface area contributed by atoms with Crippen molar-refractivity contribution in [2.45, 2.75) is 0 Å². The molecule has 0 aliphatic carbocycles. The molecule has 0 unspecified atom stereocenters. The van der Waals surface area contributed by atoms with E-state index in [9.17, 15) is 4.79 Å². The lowest BCUT2D eigenvalue weighted by atomic mass is 10.3. The molecule has 1 N–H and O–H groups in total. The molecule has 152 valence electrons. The molecule has 0 radical (unpaired) electrons. The highest BCUT2D eigenvalue weighted by atomic mass is 79.9. The van der Waals surface area contributed by atoms with Crippen molar-refractivity contribution in [3.8, 4) is 5.75 Å². The van der Waals surface area contributed by atoms with Gasteiger partial charge in [0.1, 0.15) is 5.75 Å². The summed E-state index contributed by atoms with van der Waals surface area (Å²) in [5.41, 5.74) is 1.05. The maximum atomic E-state index is 11.9. The Kier molecular flexibility index (Phi) is 6.63. The molecule has 1 fully saturated rings. The van der Waals surface area contributed by atoms with Crippen molar-refractivity contribution < 1.29 is 9.53 Å². The fraction of sp³-hybridized carbons (Fsp3) is 0.333. The minimum atomic E-state index is -0.0897. The summed E-state index contributed by atoms with van der Waals surface area (Å²) in [6.07, 6.45) is 0. The number of carbonyl (C=O) groups is 1. The van der Waals surface area contributed by atoms with Gasteiger partial charge in [0.2, 0.25) is 0 Å². The van der Waals surface area contributed by atoms with E-state index in [4.69, 9.17) is 9.72 Å². The van der Waals surface area contributed by atoms with Crippen molar-refractivity contribution in [1.82, 2.24) is 15.2 Å². The third kappa shape index (κ3) is 5.46. The second-order valence-electron chi connectivity index (χ2n) is 6.89. The summed E-state index contributed by atoms with van der Waals surface area (Å²) in [6.45, 7) is 5.36. The van der Waals surface area contributed by atoms with Gasteiger partial charge in [0, 0.05) is 43.7 Å². The number of benzene rings is 2. The molecule has 29 heavy (non-hydrogen) atoms. The molecule has 4 rings (SSSR count). The predicted molar refractivity (Wildman–Crippen MR) is 121 cm³/mol. The number of hydrogen-bond acceptors (Lipinski definition) is 6. The first kappa shape index (κ1) is 20.1. The number of para-hydroxylation sites is 1. The minimum Gasteiger partial charge on any atom is -0.484 e. The normalized spacial score (nSPS) is 14.9. The lowest BCUT2D eigenvalue weighted by Gasteiger charge is -2.34. The average Bonchev–Trinajstić information content (AvgIpc) is 3.17. The number of amides is 1. The van der Waals surface area contributed by atoms with Crippen LogP contribution < -0.4 is 15.0 Å². The highest BCUT2D eigenvalue weighted by Crippen LogP contribution is 2.31. The van der Waals surface area contributed by atoms with Gasteiger partial charge in [0.05, 0.1) is 10.2 Å². The highest BCUT2D eigenvalue weighted by Gasteiger charge is 2.19. The zero-order valence-electron chi connectivity index (χ0n) is 16.0. The van der Waals surface area contributed by atoms with E-state index in [0.29, 0.717) is 12.3 Å². The smallest absolute Gasteiger partial charge is 0.257 e. The Morgan fingerprint density at radius 3 is 2.72 bits per heavy atom. The number of halogens is 1. The van der Waals surface area contributed by atoms with Gasteiger partial charge in [-0.3, -0.25) is 9.69 Å². The molecule has 2 heterocycles. The van der Waals surface area contributed by atoms with Crippen molar-refractivity contribution >= 4 is 48.5 Å². The number of hydrogen-bond donors (Lipinski definition) is 1. The molecule has 0 atom stereocenters. The average molecular weight is 475 g/mol. The molecule has 0 bridgehead atoms. The summed E-state index contributed by atoms with van der Waals surface area (Å²) in [5.74, 6) is 0.620. The molecule has 1 aliphatic heterocycles. The molecule has 0 spiro atoms. The third-order valence-corrected chi connectivity index (χ3v) is 6.42. The van der Waals surface area contributed by atoms with E-state index >= 15 is 0 Å². The van der Waals surface area contributed by atoms with E-state index < -0.39 is 0 Å². The Morgan fingerprint density at radius 2 is 1.93 bits per heavy atom. The standard InChI is InChI=1S/C21H23BrN4O2S/c22-16-6-7-18-19(14-16)29-21(24-18)26-12-10-25(11-13-26)9-8-23-20(27)15-28-17-4-2-1-3-5-17/h1-7,14H,8-13,15H2,(H,23,27). The molecule has 8 heteroatoms. The van der Waals surface area contributed by atoms with Crippen LogP contribution in [0.5, 0.6) is 5.75 Å². The van der Waals surface area contributed by atoms with Crippen LogP contribution in [0.15, 0.2) is 53.0 Å². The number of rotatable bonds is 7. The Bertz CT molecular complexity index is 958. The molecule has 0 saturated carbocycles. The Labute approximate surface area is 182 Å². The predicted octanol–water partition coefficient (Wildman–Crippen LogP) is 3.38. The number of ether oxygens (including phenoxy) is 1. The summed E-state index contributed by atoms with van der Waals surface area (Å²) in [6, 6.07) is 15.6. The van der Waals surface area contributed by atoms with E-state index in [0.717, 1.165) is 47.8 Å². The van der Waals surface area contributed by atoms with Gasteiger partial charge >= 0.3 is 0 Å². The van der Waals surface area contributed by atoms with E-state index in [1.165, 1.54) is 4.70 Å². The van der Waals surface area contributed by atoms with Crippen molar-refractivity contribution in [1.29, 1.82) is 0 Å². The summed E-state index contributed by atoms with van der Waals surface area (Å²) >= 11 is 5.26. The third-order valence-electron chi connectivity index (χ3n) is 4.85. The molecule has 1 aliphatic rings. The number of thiazole rings is 1. The molecule has 1 saturated heterocycles. The summed E-state index contributed by atoms with van der Waals surface area (Å²) in [4.78, 5) is 21.4. The van der Waals surface area contributed by atoms with Gasteiger partial charge in [-0.25, -0.2) is 4.98 Å². The molecule has 6 nitrogen and oxygen atoms in total.